The summed E-state index contributed by atoms with van der Waals surface area (Å²) in [6.45, 7) is 1.15. The van der Waals surface area contributed by atoms with Crippen molar-refractivity contribution < 1.29 is 18.4 Å². The van der Waals surface area contributed by atoms with E-state index in [1.807, 2.05) is 35.0 Å². The Bertz CT molecular complexity index is 1370. The largest absolute Gasteiger partial charge is 0.451 e. The molecule has 0 saturated carbocycles. The molecule has 0 unspecified atom stereocenters. The van der Waals surface area contributed by atoms with E-state index >= 15 is 0 Å². The first-order chi connectivity index (χ1) is 16.1. The van der Waals surface area contributed by atoms with Gasteiger partial charge in [-0.15, -0.1) is 0 Å². The SMILES string of the molecule is O=C(NCc1ccn2ccnc2c1)c1ccc(C2=CCN(C(=O)c3ccccc3F)CC2)o1. The van der Waals surface area contributed by atoms with Gasteiger partial charge in [0.2, 0.25) is 0 Å². The number of carbonyl (C=O) groups is 2. The molecule has 5 rings (SSSR count). The van der Waals surface area contributed by atoms with Crippen LogP contribution in [0, 0.1) is 5.82 Å². The van der Waals surface area contributed by atoms with Crippen LogP contribution in [0.3, 0.4) is 0 Å². The lowest BCUT2D eigenvalue weighted by Gasteiger charge is -2.26. The van der Waals surface area contributed by atoms with Gasteiger partial charge in [0.1, 0.15) is 17.2 Å². The van der Waals surface area contributed by atoms with Crippen LogP contribution >= 0.6 is 0 Å². The van der Waals surface area contributed by atoms with E-state index in [1.54, 1.807) is 35.4 Å². The van der Waals surface area contributed by atoms with Crippen LogP contribution in [0.4, 0.5) is 4.39 Å². The standard InChI is InChI=1S/C25H21FN4O3/c26-20-4-2-1-3-19(20)25(32)30-12-8-18(9-13-30)21-5-6-22(33-21)24(31)28-16-17-7-11-29-14-10-27-23(29)15-17/h1-8,10-11,14-15H,9,12-13,16H2,(H,28,31). The molecule has 1 aliphatic rings. The lowest BCUT2D eigenvalue weighted by molar-refractivity contribution is 0.0767. The summed E-state index contributed by atoms with van der Waals surface area (Å²) in [7, 11) is 0. The molecule has 0 aliphatic carbocycles. The van der Waals surface area contributed by atoms with Gasteiger partial charge >= 0.3 is 0 Å². The van der Waals surface area contributed by atoms with Gasteiger partial charge in [-0.05, 0) is 54.0 Å². The number of furan rings is 1. The molecule has 1 aromatic carbocycles. The average molecular weight is 444 g/mol. The summed E-state index contributed by atoms with van der Waals surface area (Å²) in [6, 6.07) is 13.2. The maximum Gasteiger partial charge on any atom is 0.287 e. The Morgan fingerprint density at radius 3 is 2.82 bits per heavy atom. The summed E-state index contributed by atoms with van der Waals surface area (Å²) in [5, 5.41) is 2.86. The van der Waals surface area contributed by atoms with Crippen molar-refractivity contribution in [1.29, 1.82) is 0 Å². The van der Waals surface area contributed by atoms with E-state index in [1.165, 1.54) is 12.1 Å². The highest BCUT2D eigenvalue weighted by Crippen LogP contribution is 2.25. The third-order valence-corrected chi connectivity index (χ3v) is 5.66. The minimum absolute atomic E-state index is 0.0678. The number of halogens is 1. The maximum atomic E-state index is 13.9. The fraction of sp³-hybridized carbons (Fsp3) is 0.160. The Balaban J connectivity index is 1.21. The van der Waals surface area contributed by atoms with Crippen molar-refractivity contribution in [1.82, 2.24) is 19.6 Å². The van der Waals surface area contributed by atoms with Crippen LogP contribution in [0.15, 0.2) is 77.6 Å². The quantitative estimate of drug-likeness (QED) is 0.506. The van der Waals surface area contributed by atoms with Crippen molar-refractivity contribution >= 4 is 23.0 Å². The third kappa shape index (κ3) is 4.27. The van der Waals surface area contributed by atoms with Gasteiger partial charge in [0.05, 0.1) is 5.56 Å². The number of amides is 2. The summed E-state index contributed by atoms with van der Waals surface area (Å²) >= 11 is 0. The number of carbonyl (C=O) groups excluding carboxylic acids is 2. The van der Waals surface area contributed by atoms with Gasteiger partial charge in [-0.3, -0.25) is 9.59 Å². The predicted octanol–water partition coefficient (Wildman–Crippen LogP) is 3.93. The summed E-state index contributed by atoms with van der Waals surface area (Å²) in [5.74, 6) is -0.355. The highest BCUT2D eigenvalue weighted by molar-refractivity contribution is 5.95. The minimum atomic E-state index is -0.524. The monoisotopic (exact) mass is 444 g/mol. The molecule has 2 amide bonds. The Morgan fingerprint density at radius 1 is 1.12 bits per heavy atom. The molecular formula is C25H21FN4O3. The second-order valence-corrected chi connectivity index (χ2v) is 7.78. The fourth-order valence-corrected chi connectivity index (χ4v) is 3.85. The molecular weight excluding hydrogens is 423 g/mol. The van der Waals surface area contributed by atoms with Gasteiger partial charge in [0, 0.05) is 38.2 Å². The number of hydrogen-bond donors (Lipinski definition) is 1. The first-order valence-corrected chi connectivity index (χ1v) is 10.6. The van der Waals surface area contributed by atoms with E-state index in [0.29, 0.717) is 31.8 Å². The number of nitrogens with one attached hydrogen (secondary N) is 1. The van der Waals surface area contributed by atoms with Crippen LogP contribution in [0.25, 0.3) is 11.2 Å². The van der Waals surface area contributed by atoms with Crippen LogP contribution < -0.4 is 5.32 Å². The number of pyridine rings is 1. The van der Waals surface area contributed by atoms with E-state index in [4.69, 9.17) is 4.42 Å². The van der Waals surface area contributed by atoms with E-state index in [-0.39, 0.29) is 23.1 Å². The highest BCUT2D eigenvalue weighted by Gasteiger charge is 2.23. The molecule has 7 nitrogen and oxygen atoms in total. The summed E-state index contributed by atoms with van der Waals surface area (Å²) in [4.78, 5) is 30.9. The van der Waals surface area contributed by atoms with Gasteiger partial charge in [0.25, 0.3) is 11.8 Å². The molecule has 0 saturated heterocycles. The molecule has 4 heterocycles. The van der Waals surface area contributed by atoms with E-state index in [9.17, 15) is 14.0 Å². The molecule has 0 radical (unpaired) electrons. The van der Waals surface area contributed by atoms with Crippen LogP contribution in [0.1, 0.15) is 38.7 Å². The van der Waals surface area contributed by atoms with Gasteiger partial charge < -0.3 is 19.0 Å². The zero-order valence-electron chi connectivity index (χ0n) is 17.7. The molecule has 0 spiro atoms. The summed E-state index contributed by atoms with van der Waals surface area (Å²) in [6.07, 6.45) is 7.90. The van der Waals surface area contributed by atoms with Crippen molar-refractivity contribution in [3.05, 3.63) is 102 Å². The lowest BCUT2D eigenvalue weighted by Crippen LogP contribution is -2.35. The van der Waals surface area contributed by atoms with Crippen molar-refractivity contribution in [2.45, 2.75) is 13.0 Å². The van der Waals surface area contributed by atoms with Crippen molar-refractivity contribution in [2.75, 3.05) is 13.1 Å². The molecule has 0 fully saturated rings. The van der Waals surface area contributed by atoms with Crippen LogP contribution in [-0.4, -0.2) is 39.2 Å². The normalized spacial score (nSPS) is 13.7. The number of nitrogens with zero attached hydrogens (tertiary/aromatic N) is 3. The van der Waals surface area contributed by atoms with Gasteiger partial charge in [-0.1, -0.05) is 18.2 Å². The van der Waals surface area contributed by atoms with E-state index in [0.717, 1.165) is 16.8 Å². The molecule has 166 valence electrons. The van der Waals surface area contributed by atoms with Crippen LogP contribution in [0.5, 0.6) is 0 Å². The second-order valence-electron chi connectivity index (χ2n) is 7.78. The Morgan fingerprint density at radius 2 is 2.00 bits per heavy atom. The Hall–Kier alpha value is -4.20. The second kappa shape index (κ2) is 8.74. The first-order valence-electron chi connectivity index (χ1n) is 10.6. The minimum Gasteiger partial charge on any atom is -0.451 e. The van der Waals surface area contributed by atoms with Gasteiger partial charge in [-0.2, -0.15) is 0 Å². The topological polar surface area (TPSA) is 79.9 Å². The number of hydrogen-bond acceptors (Lipinski definition) is 4. The van der Waals surface area contributed by atoms with Gasteiger partial charge in [-0.25, -0.2) is 9.37 Å². The number of rotatable bonds is 5. The third-order valence-electron chi connectivity index (χ3n) is 5.66. The number of fused-ring (bicyclic) bond motifs is 1. The first kappa shape index (κ1) is 20.7. The van der Waals surface area contributed by atoms with Crippen molar-refractivity contribution in [3.8, 4) is 0 Å². The maximum absolute atomic E-state index is 13.9. The molecule has 8 heteroatoms. The zero-order valence-corrected chi connectivity index (χ0v) is 17.7. The van der Waals surface area contributed by atoms with Gasteiger partial charge in [0.15, 0.2) is 5.76 Å². The molecule has 0 atom stereocenters. The number of imidazole rings is 1. The van der Waals surface area contributed by atoms with Crippen molar-refractivity contribution in [2.24, 2.45) is 0 Å². The van der Waals surface area contributed by atoms with Crippen LogP contribution in [0.2, 0.25) is 0 Å². The zero-order chi connectivity index (χ0) is 22.8. The predicted molar refractivity (Wildman–Crippen MR) is 120 cm³/mol. The lowest BCUT2D eigenvalue weighted by atomic mass is 10.0. The summed E-state index contributed by atoms with van der Waals surface area (Å²) < 4.78 is 21.6. The molecule has 1 aliphatic heterocycles. The molecule has 3 aromatic heterocycles. The number of aromatic nitrogens is 2. The average Bonchev–Trinajstić information content (AvgIpc) is 3.52. The fourth-order valence-electron chi connectivity index (χ4n) is 3.85. The smallest absolute Gasteiger partial charge is 0.287 e. The van der Waals surface area contributed by atoms with E-state index < -0.39 is 5.82 Å². The molecule has 0 bridgehead atoms. The summed E-state index contributed by atoms with van der Waals surface area (Å²) in [5.41, 5.74) is 2.73. The highest BCUT2D eigenvalue weighted by atomic mass is 19.1. The number of benzene rings is 1. The van der Waals surface area contributed by atoms with E-state index in [2.05, 4.69) is 10.3 Å². The van der Waals surface area contributed by atoms with Crippen LogP contribution in [-0.2, 0) is 6.54 Å². The molecule has 33 heavy (non-hydrogen) atoms. The molecule has 4 aromatic rings. The Labute approximate surface area is 189 Å². The molecule has 1 N–H and O–H groups in total. The van der Waals surface area contributed by atoms with Crippen molar-refractivity contribution in [3.63, 3.8) is 0 Å². The Kier molecular flexibility index (Phi) is 5.48.